The van der Waals surface area contributed by atoms with E-state index in [0.29, 0.717) is 0 Å². The third kappa shape index (κ3) is 6.44. The van der Waals surface area contributed by atoms with Gasteiger partial charge in [0.15, 0.2) is 0 Å². The lowest BCUT2D eigenvalue weighted by Crippen LogP contribution is -2.35. The Morgan fingerprint density at radius 2 is 2.07 bits per heavy atom. The van der Waals surface area contributed by atoms with Gasteiger partial charge in [-0.1, -0.05) is 6.92 Å². The molecule has 1 heterocycles. The third-order valence-corrected chi connectivity index (χ3v) is 4.10. The Morgan fingerprint density at radius 3 is 2.73 bits per heavy atom. The minimum absolute atomic E-state index is 0.931. The van der Waals surface area contributed by atoms with Crippen LogP contribution in [0.1, 0.15) is 26.2 Å². The number of nitrogens with one attached hydrogen (secondary N) is 1. The second kappa shape index (κ2) is 8.43. The summed E-state index contributed by atoms with van der Waals surface area (Å²) in [5.74, 6) is 3.51. The Hall–Kier alpha value is 0.270. The van der Waals surface area contributed by atoms with Gasteiger partial charge in [0.1, 0.15) is 0 Å². The molecule has 0 bridgehead atoms. The van der Waals surface area contributed by atoms with Gasteiger partial charge in [0, 0.05) is 0 Å². The van der Waals surface area contributed by atoms with E-state index in [9.17, 15) is 0 Å². The minimum atomic E-state index is 0.931. The standard InChI is InChI=1S/C12H26N2S/c1-3-15-10-4-7-13-11-12-5-8-14(2)9-6-12/h12-13H,3-11H2,1-2H3. The van der Waals surface area contributed by atoms with Crippen molar-refractivity contribution >= 4 is 11.8 Å². The highest BCUT2D eigenvalue weighted by atomic mass is 32.2. The lowest BCUT2D eigenvalue weighted by atomic mass is 9.97. The summed E-state index contributed by atoms with van der Waals surface area (Å²) in [6.45, 7) is 7.26. The molecule has 1 aliphatic rings. The molecule has 0 aromatic rings. The molecule has 0 saturated carbocycles. The van der Waals surface area contributed by atoms with E-state index in [1.165, 1.54) is 56.9 Å². The van der Waals surface area contributed by atoms with E-state index in [1.54, 1.807) is 0 Å². The summed E-state index contributed by atoms with van der Waals surface area (Å²) < 4.78 is 0. The molecule has 0 spiro atoms. The summed E-state index contributed by atoms with van der Waals surface area (Å²) in [5, 5.41) is 3.60. The van der Waals surface area contributed by atoms with Crippen LogP contribution in [0.15, 0.2) is 0 Å². The molecule has 2 nitrogen and oxygen atoms in total. The summed E-state index contributed by atoms with van der Waals surface area (Å²) in [5.41, 5.74) is 0. The second-order valence-corrected chi connectivity index (χ2v) is 5.90. The van der Waals surface area contributed by atoms with Crippen LogP contribution in [-0.2, 0) is 0 Å². The lowest BCUT2D eigenvalue weighted by Gasteiger charge is -2.29. The number of thioether (sulfide) groups is 1. The fourth-order valence-electron chi connectivity index (χ4n) is 2.02. The van der Waals surface area contributed by atoms with Crippen molar-refractivity contribution in [3.8, 4) is 0 Å². The molecule has 1 rings (SSSR count). The molecule has 90 valence electrons. The van der Waals surface area contributed by atoms with E-state index in [1.807, 2.05) is 11.8 Å². The highest BCUT2D eigenvalue weighted by Gasteiger charge is 2.15. The number of piperidine rings is 1. The molecule has 15 heavy (non-hydrogen) atoms. The van der Waals surface area contributed by atoms with Crippen molar-refractivity contribution in [2.75, 3.05) is 44.7 Å². The fraction of sp³-hybridized carbons (Fsp3) is 1.00. The van der Waals surface area contributed by atoms with Crippen molar-refractivity contribution in [1.29, 1.82) is 0 Å². The van der Waals surface area contributed by atoms with E-state index in [-0.39, 0.29) is 0 Å². The minimum Gasteiger partial charge on any atom is -0.316 e. The first-order valence-corrected chi connectivity index (χ1v) is 7.45. The number of rotatable bonds is 7. The van der Waals surface area contributed by atoms with Gasteiger partial charge >= 0.3 is 0 Å². The zero-order valence-corrected chi connectivity index (χ0v) is 11.1. The average molecular weight is 230 g/mol. The summed E-state index contributed by atoms with van der Waals surface area (Å²) >= 11 is 2.05. The van der Waals surface area contributed by atoms with Crippen LogP contribution in [0.2, 0.25) is 0 Å². The Labute approximate surface area is 99.2 Å². The van der Waals surface area contributed by atoms with Gasteiger partial charge in [-0.3, -0.25) is 0 Å². The Morgan fingerprint density at radius 1 is 1.33 bits per heavy atom. The molecule has 1 aliphatic heterocycles. The van der Waals surface area contributed by atoms with Gasteiger partial charge in [0.05, 0.1) is 0 Å². The van der Waals surface area contributed by atoms with Gasteiger partial charge in [-0.15, -0.1) is 0 Å². The van der Waals surface area contributed by atoms with Crippen LogP contribution in [0.5, 0.6) is 0 Å². The number of nitrogens with zero attached hydrogens (tertiary/aromatic N) is 1. The van der Waals surface area contributed by atoms with E-state index < -0.39 is 0 Å². The van der Waals surface area contributed by atoms with Crippen molar-refractivity contribution in [3.05, 3.63) is 0 Å². The predicted molar refractivity (Wildman–Crippen MR) is 70.7 cm³/mol. The summed E-state index contributed by atoms with van der Waals surface area (Å²) in [6, 6.07) is 0. The summed E-state index contributed by atoms with van der Waals surface area (Å²) in [6.07, 6.45) is 4.09. The van der Waals surface area contributed by atoms with Crippen molar-refractivity contribution in [2.45, 2.75) is 26.2 Å². The van der Waals surface area contributed by atoms with Crippen molar-refractivity contribution in [3.63, 3.8) is 0 Å². The van der Waals surface area contributed by atoms with Gasteiger partial charge < -0.3 is 10.2 Å². The van der Waals surface area contributed by atoms with E-state index >= 15 is 0 Å². The molecule has 1 N–H and O–H groups in total. The zero-order valence-electron chi connectivity index (χ0n) is 10.3. The summed E-state index contributed by atoms with van der Waals surface area (Å²) in [7, 11) is 2.23. The normalized spacial score (nSPS) is 19.6. The van der Waals surface area contributed by atoms with Crippen LogP contribution in [0.3, 0.4) is 0 Å². The van der Waals surface area contributed by atoms with Crippen molar-refractivity contribution in [2.24, 2.45) is 5.92 Å². The number of likely N-dealkylation sites (tertiary alicyclic amines) is 1. The molecule has 3 heteroatoms. The van der Waals surface area contributed by atoms with E-state index in [4.69, 9.17) is 0 Å². The molecular weight excluding hydrogens is 204 g/mol. The van der Waals surface area contributed by atoms with Crippen LogP contribution < -0.4 is 5.32 Å². The second-order valence-electron chi connectivity index (χ2n) is 4.50. The van der Waals surface area contributed by atoms with Crippen LogP contribution >= 0.6 is 11.8 Å². The highest BCUT2D eigenvalue weighted by Crippen LogP contribution is 2.14. The van der Waals surface area contributed by atoms with E-state index in [2.05, 4.69) is 24.2 Å². The first-order chi connectivity index (χ1) is 7.33. The molecule has 1 fully saturated rings. The molecular formula is C12H26N2S. The van der Waals surface area contributed by atoms with Crippen LogP contribution in [-0.4, -0.2) is 49.6 Å². The quantitative estimate of drug-likeness (QED) is 0.674. The van der Waals surface area contributed by atoms with Gasteiger partial charge in [-0.25, -0.2) is 0 Å². The lowest BCUT2D eigenvalue weighted by molar-refractivity contribution is 0.216. The molecule has 1 saturated heterocycles. The third-order valence-electron chi connectivity index (χ3n) is 3.12. The maximum Gasteiger partial charge on any atom is -0.00187 e. The molecule has 0 aromatic carbocycles. The highest BCUT2D eigenvalue weighted by molar-refractivity contribution is 7.99. The Balaban J connectivity index is 1.87. The molecule has 0 aromatic heterocycles. The van der Waals surface area contributed by atoms with Crippen molar-refractivity contribution < 1.29 is 0 Å². The van der Waals surface area contributed by atoms with Crippen LogP contribution in [0.4, 0.5) is 0 Å². The molecule has 0 atom stereocenters. The fourth-order valence-corrected chi connectivity index (χ4v) is 2.65. The molecule has 0 radical (unpaired) electrons. The molecule has 0 unspecified atom stereocenters. The van der Waals surface area contributed by atoms with Crippen molar-refractivity contribution in [1.82, 2.24) is 10.2 Å². The summed E-state index contributed by atoms with van der Waals surface area (Å²) in [4.78, 5) is 2.44. The monoisotopic (exact) mass is 230 g/mol. The Kier molecular flexibility index (Phi) is 7.49. The maximum atomic E-state index is 3.60. The number of hydrogen-bond donors (Lipinski definition) is 1. The first kappa shape index (κ1) is 13.3. The maximum absolute atomic E-state index is 3.60. The van der Waals surface area contributed by atoms with Crippen LogP contribution in [0, 0.1) is 5.92 Å². The zero-order chi connectivity index (χ0) is 10.9. The van der Waals surface area contributed by atoms with Gasteiger partial charge in [-0.2, -0.15) is 11.8 Å². The van der Waals surface area contributed by atoms with Crippen LogP contribution in [0.25, 0.3) is 0 Å². The van der Waals surface area contributed by atoms with E-state index in [0.717, 1.165) is 5.92 Å². The van der Waals surface area contributed by atoms with Gasteiger partial charge in [0.25, 0.3) is 0 Å². The topological polar surface area (TPSA) is 15.3 Å². The first-order valence-electron chi connectivity index (χ1n) is 6.30. The smallest absolute Gasteiger partial charge is 0.00187 e. The predicted octanol–water partition coefficient (Wildman–Crippen LogP) is 2.06. The number of hydrogen-bond acceptors (Lipinski definition) is 3. The molecule has 0 amide bonds. The molecule has 0 aliphatic carbocycles. The average Bonchev–Trinajstić information content (AvgIpc) is 2.26. The van der Waals surface area contributed by atoms with Gasteiger partial charge in [-0.05, 0) is 69.9 Å². The largest absolute Gasteiger partial charge is 0.316 e. The van der Waals surface area contributed by atoms with Gasteiger partial charge in [0.2, 0.25) is 0 Å². The SMILES string of the molecule is CCSCCCNCC1CCN(C)CC1. The Bertz CT molecular complexity index is 145.